The van der Waals surface area contributed by atoms with Crippen LogP contribution >= 0.6 is 23.2 Å². The summed E-state index contributed by atoms with van der Waals surface area (Å²) in [5.41, 5.74) is 6.14. The molecule has 0 radical (unpaired) electrons. The average molecular weight is 778 g/mol. The number of aromatic nitrogens is 1. The molecule has 3 aliphatic rings. The summed E-state index contributed by atoms with van der Waals surface area (Å²) in [6.45, 7) is 2.59. The summed E-state index contributed by atoms with van der Waals surface area (Å²) >= 11 is 13.9. The van der Waals surface area contributed by atoms with Gasteiger partial charge in [0.15, 0.2) is 0 Å². The number of nitrogens with zero attached hydrogens (tertiary/aromatic N) is 3. The highest BCUT2D eigenvalue weighted by molar-refractivity contribution is 6.35. The van der Waals surface area contributed by atoms with Crippen molar-refractivity contribution in [2.45, 2.75) is 88.7 Å². The van der Waals surface area contributed by atoms with Crippen molar-refractivity contribution in [2.24, 2.45) is 0 Å². The van der Waals surface area contributed by atoms with E-state index in [4.69, 9.17) is 37.4 Å². The maximum atomic E-state index is 13.5. The first-order valence-corrected chi connectivity index (χ1v) is 19.4. The minimum absolute atomic E-state index is 0.000964. The summed E-state index contributed by atoms with van der Waals surface area (Å²) < 4.78 is 46.1. The summed E-state index contributed by atoms with van der Waals surface area (Å²) in [4.78, 5) is 6.22. The van der Waals surface area contributed by atoms with E-state index in [9.17, 15) is 19.1 Å². The maximum Gasteiger partial charge on any atom is 0.250 e. The molecule has 0 amide bonds. The van der Waals surface area contributed by atoms with E-state index in [-0.39, 0.29) is 37.7 Å². The molecular formula is C42H44Cl2F2N4O4. The zero-order valence-corrected chi connectivity index (χ0v) is 31.5. The number of nitriles is 1. The van der Waals surface area contributed by atoms with Gasteiger partial charge in [-0.1, -0.05) is 53.5 Å². The first-order chi connectivity index (χ1) is 26.2. The molecule has 0 unspecified atom stereocenters. The minimum Gasteiger partial charge on any atom is -0.492 e. The molecule has 4 aromatic rings. The number of nitrogens with one attached hydrogen (secondary N) is 1. The van der Waals surface area contributed by atoms with Gasteiger partial charge in [-0.05, 0) is 73.4 Å². The highest BCUT2D eigenvalue weighted by Gasteiger charge is 2.34. The lowest BCUT2D eigenvalue weighted by Gasteiger charge is -2.31. The average Bonchev–Trinajstić information content (AvgIpc) is 3.79. The highest BCUT2D eigenvalue weighted by atomic mass is 35.5. The van der Waals surface area contributed by atoms with Gasteiger partial charge in [-0.2, -0.15) is 5.26 Å². The van der Waals surface area contributed by atoms with Crippen LogP contribution in [-0.4, -0.2) is 59.3 Å². The van der Waals surface area contributed by atoms with E-state index in [1.165, 1.54) is 6.20 Å². The van der Waals surface area contributed by atoms with Crippen molar-refractivity contribution >= 4 is 23.2 Å². The first kappa shape index (κ1) is 38.3. The molecule has 54 heavy (non-hydrogen) atoms. The van der Waals surface area contributed by atoms with E-state index in [0.29, 0.717) is 72.1 Å². The van der Waals surface area contributed by atoms with E-state index in [2.05, 4.69) is 33.4 Å². The fourth-order valence-corrected chi connectivity index (χ4v) is 8.21. The Balaban J connectivity index is 1.06. The van der Waals surface area contributed by atoms with Gasteiger partial charge in [0.25, 0.3) is 5.92 Å². The minimum atomic E-state index is -2.55. The third kappa shape index (κ3) is 9.10. The molecule has 8 nitrogen and oxygen atoms in total. The SMILES string of the molecule is N#Cc1cncc(COc2cc(O[C@H]3CCc4c(-c5cccc(OCCCN6CCC(F)(F)CC6)c5Cl)cccc43)c(Cl)cc2CN[C@H]2CCC[C@@H]2O)c1. The molecule has 7 rings (SSSR count). The van der Waals surface area contributed by atoms with Gasteiger partial charge >= 0.3 is 0 Å². The zero-order chi connectivity index (χ0) is 37.7. The monoisotopic (exact) mass is 776 g/mol. The number of piperidine rings is 1. The molecule has 2 aliphatic carbocycles. The van der Waals surface area contributed by atoms with Gasteiger partial charge in [-0.3, -0.25) is 4.98 Å². The summed E-state index contributed by atoms with van der Waals surface area (Å²) in [6.07, 6.45) is 7.25. The molecule has 3 aromatic carbocycles. The quantitative estimate of drug-likeness (QED) is 0.123. The Morgan fingerprint density at radius 1 is 0.963 bits per heavy atom. The van der Waals surface area contributed by atoms with Gasteiger partial charge in [-0.25, -0.2) is 8.78 Å². The zero-order valence-electron chi connectivity index (χ0n) is 30.0. The molecular weight excluding hydrogens is 733 g/mol. The second kappa shape index (κ2) is 17.2. The number of aliphatic hydroxyl groups excluding tert-OH is 1. The molecule has 1 saturated heterocycles. The van der Waals surface area contributed by atoms with Gasteiger partial charge in [0.2, 0.25) is 0 Å². The number of alkyl halides is 2. The summed E-state index contributed by atoms with van der Waals surface area (Å²) in [5.74, 6) is -0.874. The van der Waals surface area contributed by atoms with Crippen LogP contribution in [0.4, 0.5) is 8.78 Å². The van der Waals surface area contributed by atoms with Crippen LogP contribution in [0.3, 0.4) is 0 Å². The number of pyridine rings is 1. The van der Waals surface area contributed by atoms with E-state index >= 15 is 0 Å². The number of halogens is 4. The molecule has 1 aromatic heterocycles. The van der Waals surface area contributed by atoms with Crippen molar-refractivity contribution in [1.82, 2.24) is 15.2 Å². The van der Waals surface area contributed by atoms with Crippen LogP contribution in [0.25, 0.3) is 11.1 Å². The summed E-state index contributed by atoms with van der Waals surface area (Å²) in [5, 5.41) is 24.2. The van der Waals surface area contributed by atoms with Crippen LogP contribution in [0.1, 0.15) is 78.9 Å². The second-order valence-electron chi connectivity index (χ2n) is 14.4. The molecule has 2 heterocycles. The molecule has 0 bridgehead atoms. The van der Waals surface area contributed by atoms with Gasteiger partial charge in [0, 0.05) is 80.2 Å². The number of likely N-dealkylation sites (tertiary alicyclic amines) is 1. The van der Waals surface area contributed by atoms with Crippen molar-refractivity contribution in [1.29, 1.82) is 5.26 Å². The number of fused-ring (bicyclic) bond motifs is 1. The Labute approximate surface area is 325 Å². The van der Waals surface area contributed by atoms with Crippen molar-refractivity contribution in [2.75, 3.05) is 26.2 Å². The predicted molar refractivity (Wildman–Crippen MR) is 205 cm³/mol. The third-order valence-corrected chi connectivity index (χ3v) is 11.4. The Hall–Kier alpha value is -3.98. The number of rotatable bonds is 14. The standard InChI is InChI=1S/C42H44Cl2F2N4O4/c43-34-20-29(25-49-35-8-3-9-36(35)51)39(53-26-28-19-27(22-47)23-48-24-28)21-40(34)54-37-12-11-31-30(5-1-6-32(31)37)33-7-2-10-38(41(33)44)52-18-4-15-50-16-13-42(45,46)14-17-50/h1-2,5-7,10,19-21,23-24,35-37,49,51H,3-4,8-9,11-18,25-26H2/t35-,36-,37-/m0/s1. The molecule has 3 atom stereocenters. The molecule has 0 spiro atoms. The smallest absolute Gasteiger partial charge is 0.250 e. The van der Waals surface area contributed by atoms with Gasteiger partial charge in [-0.15, -0.1) is 0 Å². The van der Waals surface area contributed by atoms with Crippen molar-refractivity contribution < 1.29 is 28.1 Å². The summed E-state index contributed by atoms with van der Waals surface area (Å²) in [6, 6.07) is 19.5. The maximum absolute atomic E-state index is 13.5. The van der Waals surface area contributed by atoms with E-state index < -0.39 is 5.92 Å². The van der Waals surface area contributed by atoms with Gasteiger partial charge in [0.1, 0.15) is 36.0 Å². The van der Waals surface area contributed by atoms with Crippen LogP contribution in [0.2, 0.25) is 10.0 Å². The Morgan fingerprint density at radius 2 is 1.78 bits per heavy atom. The fourth-order valence-electron chi connectivity index (χ4n) is 7.70. The van der Waals surface area contributed by atoms with Crippen LogP contribution in [0.15, 0.2) is 67.0 Å². The highest BCUT2D eigenvalue weighted by Crippen LogP contribution is 2.45. The number of hydrogen-bond donors (Lipinski definition) is 2. The van der Waals surface area contributed by atoms with E-state index in [1.807, 2.05) is 36.4 Å². The van der Waals surface area contributed by atoms with Crippen molar-refractivity contribution in [3.63, 3.8) is 0 Å². The number of ether oxygens (including phenoxy) is 3. The van der Waals surface area contributed by atoms with Crippen molar-refractivity contribution in [3.05, 3.63) is 105 Å². The Morgan fingerprint density at radius 3 is 2.57 bits per heavy atom. The lowest BCUT2D eigenvalue weighted by atomic mass is 9.96. The number of benzene rings is 3. The lowest BCUT2D eigenvalue weighted by Crippen LogP contribution is -2.40. The molecule has 1 saturated carbocycles. The normalized spacial score (nSPS) is 20.7. The van der Waals surface area contributed by atoms with Crippen LogP contribution < -0.4 is 19.5 Å². The largest absolute Gasteiger partial charge is 0.492 e. The van der Waals surface area contributed by atoms with E-state index in [1.54, 1.807) is 12.3 Å². The molecule has 284 valence electrons. The van der Waals surface area contributed by atoms with Gasteiger partial charge in [0.05, 0.1) is 28.3 Å². The first-order valence-electron chi connectivity index (χ1n) is 18.7. The van der Waals surface area contributed by atoms with E-state index in [0.717, 1.165) is 65.5 Å². The fraction of sp³-hybridized carbons (Fsp3) is 0.429. The van der Waals surface area contributed by atoms with Gasteiger partial charge < -0.3 is 29.5 Å². The van der Waals surface area contributed by atoms with Crippen LogP contribution in [0.5, 0.6) is 17.2 Å². The second-order valence-corrected chi connectivity index (χ2v) is 15.2. The molecule has 2 N–H and O–H groups in total. The van der Waals surface area contributed by atoms with Crippen molar-refractivity contribution in [3.8, 4) is 34.4 Å². The number of aliphatic hydroxyl groups is 1. The molecule has 2 fully saturated rings. The van der Waals surface area contributed by atoms with Crippen LogP contribution in [-0.2, 0) is 19.6 Å². The number of hydrogen-bond acceptors (Lipinski definition) is 8. The van der Waals surface area contributed by atoms with Crippen LogP contribution in [0, 0.1) is 11.3 Å². The summed E-state index contributed by atoms with van der Waals surface area (Å²) in [7, 11) is 0. The Bertz CT molecular complexity index is 1980. The topological polar surface area (TPSA) is 99.9 Å². The molecule has 12 heteroatoms. The Kier molecular flexibility index (Phi) is 12.2. The third-order valence-electron chi connectivity index (χ3n) is 10.7. The molecule has 1 aliphatic heterocycles. The predicted octanol–water partition coefficient (Wildman–Crippen LogP) is 9.08. The lowest BCUT2D eigenvalue weighted by molar-refractivity contribution is -0.0554.